The Morgan fingerprint density at radius 3 is 2.11 bits per heavy atom. The normalized spacial score (nSPS) is 11.7. The van der Waals surface area contributed by atoms with Crippen LogP contribution in [0.4, 0.5) is 16.2 Å². The minimum Gasteiger partial charge on any atom is -0.462 e. The topological polar surface area (TPSA) is 65.1 Å². The van der Waals surface area contributed by atoms with Gasteiger partial charge in [0.05, 0.1) is 12.2 Å². The van der Waals surface area contributed by atoms with E-state index in [0.29, 0.717) is 24.4 Å². The van der Waals surface area contributed by atoms with Gasteiger partial charge in [-0.1, -0.05) is 26.0 Å². The highest BCUT2D eigenvalue weighted by atomic mass is 16.5. The van der Waals surface area contributed by atoms with Crippen molar-refractivity contribution in [1.82, 2.24) is 9.80 Å². The predicted molar refractivity (Wildman–Crippen MR) is 144 cm³/mol. The second kappa shape index (κ2) is 14.4. The molecule has 0 spiro atoms. The summed E-state index contributed by atoms with van der Waals surface area (Å²) in [6, 6.07) is 15.0. The molecule has 0 aromatic heterocycles. The maximum absolute atomic E-state index is 13.4. The summed E-state index contributed by atoms with van der Waals surface area (Å²) in [5.74, 6) is -0.366. The van der Waals surface area contributed by atoms with Crippen LogP contribution in [0.1, 0.15) is 56.5 Å². The van der Waals surface area contributed by atoms with Gasteiger partial charge < -0.3 is 24.8 Å². The lowest BCUT2D eigenvalue weighted by atomic mass is 10.1. The molecule has 0 fully saturated rings. The Bertz CT molecular complexity index is 909. The van der Waals surface area contributed by atoms with E-state index in [-0.39, 0.29) is 18.0 Å². The predicted octanol–water partition coefficient (Wildman–Crippen LogP) is 5.47. The SMILES string of the molecule is CCOC(=O)c1ccc(NC(=O)N(Cc2ccc(N(C)C)cc2)C(C)CCCN(CC)CC)cc1. The van der Waals surface area contributed by atoms with Gasteiger partial charge in [-0.2, -0.15) is 0 Å². The number of hydrogen-bond donors (Lipinski definition) is 1. The number of nitrogens with zero attached hydrogens (tertiary/aromatic N) is 3. The van der Waals surface area contributed by atoms with Crippen LogP contribution in [0.2, 0.25) is 0 Å². The molecule has 7 heteroatoms. The monoisotopic (exact) mass is 482 g/mol. The van der Waals surface area contributed by atoms with E-state index in [1.54, 1.807) is 31.2 Å². The smallest absolute Gasteiger partial charge is 0.338 e. The molecule has 35 heavy (non-hydrogen) atoms. The molecule has 2 aromatic rings. The maximum atomic E-state index is 13.4. The molecular formula is C28H42N4O3. The van der Waals surface area contributed by atoms with Crippen molar-refractivity contribution in [3.8, 4) is 0 Å². The zero-order chi connectivity index (χ0) is 25.8. The highest BCUT2D eigenvalue weighted by Crippen LogP contribution is 2.19. The summed E-state index contributed by atoms with van der Waals surface area (Å²) in [6.45, 7) is 12.2. The van der Waals surface area contributed by atoms with Crippen LogP contribution in [0, 0.1) is 0 Å². The first-order valence-electron chi connectivity index (χ1n) is 12.6. The molecule has 1 unspecified atom stereocenters. The van der Waals surface area contributed by atoms with Crippen LogP contribution in [0.5, 0.6) is 0 Å². The lowest BCUT2D eigenvalue weighted by molar-refractivity contribution is 0.0526. The van der Waals surface area contributed by atoms with Gasteiger partial charge in [0, 0.05) is 38.1 Å². The number of nitrogens with one attached hydrogen (secondary N) is 1. The minimum atomic E-state index is -0.366. The third-order valence-electron chi connectivity index (χ3n) is 6.24. The molecule has 0 bridgehead atoms. The molecule has 0 aliphatic heterocycles. The zero-order valence-electron chi connectivity index (χ0n) is 22.2. The number of hydrogen-bond acceptors (Lipinski definition) is 5. The quantitative estimate of drug-likeness (QED) is 0.383. The summed E-state index contributed by atoms with van der Waals surface area (Å²) < 4.78 is 5.04. The van der Waals surface area contributed by atoms with Crippen LogP contribution in [-0.2, 0) is 11.3 Å². The van der Waals surface area contributed by atoms with Crippen LogP contribution >= 0.6 is 0 Å². The van der Waals surface area contributed by atoms with Gasteiger partial charge in [0.2, 0.25) is 0 Å². The van der Waals surface area contributed by atoms with Gasteiger partial charge >= 0.3 is 12.0 Å². The first-order valence-corrected chi connectivity index (χ1v) is 12.6. The molecule has 0 saturated carbocycles. The van der Waals surface area contributed by atoms with Gasteiger partial charge in [-0.25, -0.2) is 9.59 Å². The number of esters is 1. The van der Waals surface area contributed by atoms with Gasteiger partial charge in [-0.05, 0) is 88.3 Å². The summed E-state index contributed by atoms with van der Waals surface area (Å²) in [5, 5.41) is 3.01. The van der Waals surface area contributed by atoms with E-state index >= 15 is 0 Å². The average molecular weight is 483 g/mol. The molecule has 1 N–H and O–H groups in total. The molecule has 0 saturated heterocycles. The number of rotatable bonds is 13. The summed E-state index contributed by atoms with van der Waals surface area (Å²) in [7, 11) is 4.03. The second-order valence-corrected chi connectivity index (χ2v) is 8.93. The van der Waals surface area contributed by atoms with E-state index in [2.05, 4.69) is 60.2 Å². The third kappa shape index (κ3) is 8.91. The fourth-order valence-electron chi connectivity index (χ4n) is 3.93. The van der Waals surface area contributed by atoms with E-state index in [1.165, 1.54) is 0 Å². The Kier molecular flexibility index (Phi) is 11.6. The molecule has 0 aliphatic carbocycles. The Hall–Kier alpha value is -3.06. The van der Waals surface area contributed by atoms with Gasteiger partial charge in [-0.15, -0.1) is 0 Å². The summed E-state index contributed by atoms with van der Waals surface area (Å²) in [4.78, 5) is 31.6. The molecule has 0 aliphatic rings. The van der Waals surface area contributed by atoms with Crippen LogP contribution in [-0.4, -0.2) is 68.2 Å². The Labute approximate surface area is 211 Å². The van der Waals surface area contributed by atoms with Crippen molar-refractivity contribution >= 4 is 23.4 Å². The molecule has 2 rings (SSSR count). The highest BCUT2D eigenvalue weighted by Gasteiger charge is 2.21. The molecule has 0 radical (unpaired) electrons. The van der Waals surface area contributed by atoms with Crippen LogP contribution in [0.15, 0.2) is 48.5 Å². The van der Waals surface area contributed by atoms with E-state index in [4.69, 9.17) is 4.74 Å². The van der Waals surface area contributed by atoms with Crippen LogP contribution in [0.25, 0.3) is 0 Å². The number of benzene rings is 2. The van der Waals surface area contributed by atoms with E-state index in [1.807, 2.05) is 19.0 Å². The van der Waals surface area contributed by atoms with E-state index in [0.717, 1.165) is 43.7 Å². The summed E-state index contributed by atoms with van der Waals surface area (Å²) in [5.41, 5.74) is 3.32. The Morgan fingerprint density at radius 1 is 0.943 bits per heavy atom. The molecule has 0 heterocycles. The van der Waals surface area contributed by atoms with Crippen molar-refractivity contribution in [2.45, 2.75) is 53.1 Å². The van der Waals surface area contributed by atoms with Crippen molar-refractivity contribution in [1.29, 1.82) is 0 Å². The third-order valence-corrected chi connectivity index (χ3v) is 6.24. The standard InChI is InChI=1S/C28H42N4O3/c1-7-31(8-2)20-10-11-22(4)32(21-23-12-18-26(19-13-23)30(5)6)28(34)29-25-16-14-24(15-17-25)27(33)35-9-3/h12-19,22H,7-11,20-21H2,1-6H3,(H,29,34). The minimum absolute atomic E-state index is 0.0675. The fraction of sp³-hybridized carbons (Fsp3) is 0.500. The number of ether oxygens (including phenoxy) is 1. The molecular weight excluding hydrogens is 440 g/mol. The average Bonchev–Trinajstić information content (AvgIpc) is 2.85. The molecule has 1 atom stereocenters. The fourth-order valence-corrected chi connectivity index (χ4v) is 3.93. The van der Waals surface area contributed by atoms with Gasteiger partial charge in [0.25, 0.3) is 0 Å². The van der Waals surface area contributed by atoms with Crippen molar-refractivity contribution in [2.75, 3.05) is 50.6 Å². The van der Waals surface area contributed by atoms with Crippen molar-refractivity contribution < 1.29 is 14.3 Å². The molecule has 7 nitrogen and oxygen atoms in total. The van der Waals surface area contributed by atoms with Crippen molar-refractivity contribution in [2.24, 2.45) is 0 Å². The Morgan fingerprint density at radius 2 is 1.57 bits per heavy atom. The van der Waals surface area contributed by atoms with Gasteiger partial charge in [0.15, 0.2) is 0 Å². The first kappa shape index (κ1) is 28.2. The number of carbonyl (C=O) groups is 2. The van der Waals surface area contributed by atoms with Gasteiger partial charge in [0.1, 0.15) is 0 Å². The van der Waals surface area contributed by atoms with Crippen molar-refractivity contribution in [3.05, 3.63) is 59.7 Å². The number of urea groups is 1. The molecule has 2 amide bonds. The van der Waals surface area contributed by atoms with Gasteiger partial charge in [-0.3, -0.25) is 0 Å². The lowest BCUT2D eigenvalue weighted by Crippen LogP contribution is -2.41. The first-order chi connectivity index (χ1) is 16.8. The number of carbonyl (C=O) groups excluding carboxylic acids is 2. The van der Waals surface area contributed by atoms with E-state index < -0.39 is 0 Å². The Balaban J connectivity index is 2.13. The largest absolute Gasteiger partial charge is 0.462 e. The second-order valence-electron chi connectivity index (χ2n) is 8.93. The summed E-state index contributed by atoms with van der Waals surface area (Å²) in [6.07, 6.45) is 1.95. The number of anilines is 2. The van der Waals surface area contributed by atoms with E-state index in [9.17, 15) is 9.59 Å². The highest BCUT2D eigenvalue weighted by molar-refractivity contribution is 5.92. The lowest BCUT2D eigenvalue weighted by Gasteiger charge is -2.30. The number of amides is 2. The molecule has 192 valence electrons. The molecule has 2 aromatic carbocycles. The zero-order valence-corrected chi connectivity index (χ0v) is 22.2. The maximum Gasteiger partial charge on any atom is 0.338 e. The van der Waals surface area contributed by atoms with Crippen molar-refractivity contribution in [3.63, 3.8) is 0 Å². The van der Waals surface area contributed by atoms with Crippen LogP contribution < -0.4 is 10.2 Å². The van der Waals surface area contributed by atoms with Crippen LogP contribution in [0.3, 0.4) is 0 Å². The summed E-state index contributed by atoms with van der Waals surface area (Å²) >= 11 is 0.